The molecule has 126 valence electrons. The Morgan fingerprint density at radius 1 is 1.16 bits per heavy atom. The second kappa shape index (κ2) is 6.04. The van der Waals surface area contributed by atoms with E-state index < -0.39 is 0 Å². The summed E-state index contributed by atoms with van der Waals surface area (Å²) in [5, 5.41) is 5.61. The van der Waals surface area contributed by atoms with Gasteiger partial charge in [0.2, 0.25) is 5.91 Å². The maximum Gasteiger partial charge on any atom is 0.279 e. The molecule has 0 spiro atoms. The number of nitrogens with zero attached hydrogens (tertiary/aromatic N) is 2. The lowest BCUT2D eigenvalue weighted by Crippen LogP contribution is -2.33. The minimum absolute atomic E-state index is 0.0845. The normalized spacial score (nSPS) is 16.6. The highest BCUT2D eigenvalue weighted by atomic mass is 32.2. The van der Waals surface area contributed by atoms with Crippen LogP contribution in [0.3, 0.4) is 0 Å². The molecule has 0 bridgehead atoms. The van der Waals surface area contributed by atoms with Crippen LogP contribution in [-0.4, -0.2) is 21.7 Å². The number of carbonyl (C=O) groups excluding carboxylic acids is 1. The highest BCUT2D eigenvalue weighted by Crippen LogP contribution is 2.38. The number of aromatic nitrogens is 2. The number of rotatable bonds is 2. The first kappa shape index (κ1) is 15.9. The smallest absolute Gasteiger partial charge is 0.279 e. The Bertz CT molecular complexity index is 1050. The molecule has 0 saturated carbocycles. The van der Waals surface area contributed by atoms with Gasteiger partial charge in [0.25, 0.3) is 5.56 Å². The third-order valence-corrected chi connectivity index (χ3v) is 5.41. The summed E-state index contributed by atoms with van der Waals surface area (Å²) in [5.74, 6) is 0.175. The van der Waals surface area contributed by atoms with Gasteiger partial charge in [0.05, 0.1) is 5.56 Å². The fourth-order valence-electron chi connectivity index (χ4n) is 3.54. The van der Waals surface area contributed by atoms with E-state index in [2.05, 4.69) is 10.3 Å². The molecule has 6 heteroatoms. The number of thioether (sulfide) groups is 1. The number of hydrogen-bond acceptors (Lipinski definition) is 4. The third kappa shape index (κ3) is 2.53. The topological polar surface area (TPSA) is 64.0 Å². The average Bonchev–Trinajstić information content (AvgIpc) is 2.63. The van der Waals surface area contributed by atoms with Gasteiger partial charge in [-0.05, 0) is 22.6 Å². The molecule has 0 fully saturated rings. The molecule has 1 N–H and O–H groups in total. The van der Waals surface area contributed by atoms with Crippen molar-refractivity contribution in [3.63, 3.8) is 0 Å². The first-order valence-corrected chi connectivity index (χ1v) is 9.25. The zero-order valence-corrected chi connectivity index (χ0v) is 14.8. The van der Waals surface area contributed by atoms with Crippen molar-refractivity contribution >= 4 is 34.3 Å². The minimum Gasteiger partial charge on any atom is -0.312 e. The standard InChI is InChI=1S/C19H17N3O2S/c1-22-17-16(18(24)21-19(22)25-2)14(10-15(23)20-17)13-9-5-7-11-6-3-4-8-12(11)13/h3-9,14H,10H2,1-2H3,(H,20,23)/t14-/m0/s1. The summed E-state index contributed by atoms with van der Waals surface area (Å²) in [6, 6.07) is 14.0. The molecule has 5 nitrogen and oxygen atoms in total. The first-order chi connectivity index (χ1) is 12.1. The van der Waals surface area contributed by atoms with E-state index in [1.165, 1.54) is 11.8 Å². The first-order valence-electron chi connectivity index (χ1n) is 8.02. The van der Waals surface area contributed by atoms with Crippen molar-refractivity contribution in [3.05, 3.63) is 63.9 Å². The Hall–Kier alpha value is -2.60. The van der Waals surface area contributed by atoms with Crippen LogP contribution in [0.5, 0.6) is 0 Å². The Kier molecular flexibility index (Phi) is 3.84. The van der Waals surface area contributed by atoms with Gasteiger partial charge in [-0.3, -0.25) is 9.59 Å². The van der Waals surface area contributed by atoms with Crippen LogP contribution in [0, 0.1) is 0 Å². The quantitative estimate of drug-likeness (QED) is 0.569. The Labute approximate surface area is 149 Å². The fraction of sp³-hybridized carbons (Fsp3) is 0.211. The summed E-state index contributed by atoms with van der Waals surface area (Å²) in [5.41, 5.74) is 1.29. The lowest BCUT2D eigenvalue weighted by atomic mass is 9.84. The van der Waals surface area contributed by atoms with Crippen molar-refractivity contribution in [3.8, 4) is 0 Å². The zero-order valence-electron chi connectivity index (χ0n) is 13.9. The molecule has 3 aromatic rings. The number of benzene rings is 2. The zero-order chi connectivity index (χ0) is 17.6. The molecule has 0 aliphatic carbocycles. The summed E-state index contributed by atoms with van der Waals surface area (Å²) >= 11 is 1.38. The van der Waals surface area contributed by atoms with Crippen LogP contribution in [0.2, 0.25) is 0 Å². The van der Waals surface area contributed by atoms with Crippen molar-refractivity contribution in [1.29, 1.82) is 0 Å². The average molecular weight is 351 g/mol. The summed E-state index contributed by atoms with van der Waals surface area (Å²) in [7, 11) is 1.82. The van der Waals surface area contributed by atoms with Crippen LogP contribution in [0.1, 0.15) is 23.5 Å². The highest BCUT2D eigenvalue weighted by Gasteiger charge is 2.32. The lowest BCUT2D eigenvalue weighted by Gasteiger charge is -2.28. The molecule has 1 aromatic heterocycles. The van der Waals surface area contributed by atoms with Gasteiger partial charge < -0.3 is 9.88 Å². The van der Waals surface area contributed by atoms with E-state index >= 15 is 0 Å². The molecular weight excluding hydrogens is 334 g/mol. The molecule has 25 heavy (non-hydrogen) atoms. The van der Waals surface area contributed by atoms with Gasteiger partial charge in [-0.2, -0.15) is 4.98 Å². The summed E-state index contributed by atoms with van der Waals surface area (Å²) in [4.78, 5) is 29.3. The number of fused-ring (bicyclic) bond motifs is 2. The molecule has 0 saturated heterocycles. The molecule has 4 rings (SSSR count). The maximum atomic E-state index is 12.7. The highest BCUT2D eigenvalue weighted by molar-refractivity contribution is 7.98. The van der Waals surface area contributed by atoms with Crippen molar-refractivity contribution in [2.75, 3.05) is 11.6 Å². The molecule has 1 aliphatic heterocycles. The molecule has 1 atom stereocenters. The monoisotopic (exact) mass is 351 g/mol. The molecule has 2 heterocycles. The predicted octanol–water partition coefficient (Wildman–Crippen LogP) is 3.13. The van der Waals surface area contributed by atoms with Crippen LogP contribution in [0.25, 0.3) is 10.8 Å². The molecule has 0 unspecified atom stereocenters. The Balaban J connectivity index is 2.01. The van der Waals surface area contributed by atoms with Crippen molar-refractivity contribution in [2.45, 2.75) is 17.5 Å². The Morgan fingerprint density at radius 2 is 1.92 bits per heavy atom. The summed E-state index contributed by atoms with van der Waals surface area (Å²) < 4.78 is 1.79. The molecule has 1 aliphatic rings. The van der Waals surface area contributed by atoms with Crippen LogP contribution < -0.4 is 10.9 Å². The Morgan fingerprint density at radius 3 is 2.72 bits per heavy atom. The summed E-state index contributed by atoms with van der Waals surface area (Å²) in [6.45, 7) is 0. The van der Waals surface area contributed by atoms with E-state index in [9.17, 15) is 9.59 Å². The second-order valence-electron chi connectivity index (χ2n) is 6.10. The second-order valence-corrected chi connectivity index (χ2v) is 6.87. The van der Waals surface area contributed by atoms with E-state index in [-0.39, 0.29) is 23.8 Å². The largest absolute Gasteiger partial charge is 0.312 e. The van der Waals surface area contributed by atoms with Crippen LogP contribution in [0.4, 0.5) is 5.82 Å². The number of hydrogen-bond donors (Lipinski definition) is 1. The summed E-state index contributed by atoms with van der Waals surface area (Å²) in [6.07, 6.45) is 2.11. The third-order valence-electron chi connectivity index (χ3n) is 4.68. The SMILES string of the molecule is CSc1nc(=O)c2c(n1C)NC(=O)C[C@H]2c1cccc2ccccc12. The molecule has 2 aromatic carbocycles. The number of carbonyl (C=O) groups is 1. The van der Waals surface area contributed by atoms with Gasteiger partial charge in [-0.25, -0.2) is 0 Å². The number of amides is 1. The van der Waals surface area contributed by atoms with E-state index in [4.69, 9.17) is 0 Å². The van der Waals surface area contributed by atoms with E-state index in [1.807, 2.05) is 55.8 Å². The van der Waals surface area contributed by atoms with E-state index in [0.717, 1.165) is 16.3 Å². The molecule has 0 radical (unpaired) electrons. The van der Waals surface area contributed by atoms with Crippen LogP contribution >= 0.6 is 11.8 Å². The van der Waals surface area contributed by atoms with Gasteiger partial charge in [-0.15, -0.1) is 0 Å². The van der Waals surface area contributed by atoms with Crippen molar-refractivity contribution in [1.82, 2.24) is 9.55 Å². The van der Waals surface area contributed by atoms with Gasteiger partial charge in [0.1, 0.15) is 5.82 Å². The van der Waals surface area contributed by atoms with Gasteiger partial charge in [0.15, 0.2) is 5.16 Å². The van der Waals surface area contributed by atoms with E-state index in [1.54, 1.807) is 4.57 Å². The maximum absolute atomic E-state index is 12.7. The van der Waals surface area contributed by atoms with Gasteiger partial charge >= 0.3 is 0 Å². The van der Waals surface area contributed by atoms with Crippen molar-refractivity contribution in [2.24, 2.45) is 7.05 Å². The number of anilines is 1. The van der Waals surface area contributed by atoms with Crippen LogP contribution in [0.15, 0.2) is 52.4 Å². The molecular formula is C19H17N3O2S. The number of nitrogens with one attached hydrogen (secondary N) is 1. The van der Waals surface area contributed by atoms with Gasteiger partial charge in [-0.1, -0.05) is 54.2 Å². The van der Waals surface area contributed by atoms with E-state index in [0.29, 0.717) is 16.5 Å². The van der Waals surface area contributed by atoms with Crippen LogP contribution in [-0.2, 0) is 11.8 Å². The fourth-order valence-corrected chi connectivity index (χ4v) is 4.08. The predicted molar refractivity (Wildman–Crippen MR) is 100 cm³/mol. The van der Waals surface area contributed by atoms with Gasteiger partial charge in [0, 0.05) is 19.4 Å². The molecule has 1 amide bonds. The minimum atomic E-state index is -0.294. The lowest BCUT2D eigenvalue weighted by molar-refractivity contribution is -0.116. The van der Waals surface area contributed by atoms with Crippen molar-refractivity contribution < 1.29 is 4.79 Å².